The molecule has 0 rings (SSSR count). The number of carbonyl (C=O) groups excluding carboxylic acids is 5. The molecule has 0 spiro atoms. The molecule has 0 aromatic heterocycles. The average molecular weight is 581 g/mol. The topological polar surface area (TPSA) is 132 Å². The molecule has 4 radical (unpaired) electrons. The van der Waals surface area contributed by atoms with Crippen LogP contribution in [0.15, 0.2) is 12.2 Å². The molecule has 232 valence electrons. The van der Waals surface area contributed by atoms with E-state index in [4.69, 9.17) is 37.5 Å². The van der Waals surface area contributed by atoms with Gasteiger partial charge in [0.2, 0.25) is 0 Å². The van der Waals surface area contributed by atoms with Gasteiger partial charge >= 0.3 is 29.8 Å². The summed E-state index contributed by atoms with van der Waals surface area (Å²) >= 11 is 0. The molecule has 3 unspecified atom stereocenters. The van der Waals surface area contributed by atoms with Crippen molar-refractivity contribution in [1.82, 2.24) is 0 Å². The number of hydrogen-bond acceptors (Lipinski definition) is 10. The van der Waals surface area contributed by atoms with Gasteiger partial charge in [-0.15, -0.1) is 0 Å². The van der Waals surface area contributed by atoms with E-state index in [1.54, 1.807) is 0 Å². The van der Waals surface area contributed by atoms with Crippen molar-refractivity contribution in [1.29, 1.82) is 0 Å². The van der Waals surface area contributed by atoms with E-state index in [2.05, 4.69) is 6.58 Å². The Morgan fingerprint density at radius 3 is 1.46 bits per heavy atom. The molecule has 0 fully saturated rings. The van der Waals surface area contributed by atoms with Gasteiger partial charge in [-0.1, -0.05) is 46.6 Å². The summed E-state index contributed by atoms with van der Waals surface area (Å²) in [7, 11) is 2.31. The average Bonchev–Trinajstić information content (AvgIpc) is 2.95. The number of esters is 5. The molecule has 0 saturated carbocycles. The van der Waals surface area contributed by atoms with Crippen molar-refractivity contribution in [3.8, 4) is 0 Å². The van der Waals surface area contributed by atoms with E-state index in [0.717, 1.165) is 26.4 Å². The first kappa shape index (κ1) is 38.1. The molecule has 10 nitrogen and oxygen atoms in total. The van der Waals surface area contributed by atoms with E-state index in [-0.39, 0.29) is 51.1 Å². The second-order valence-corrected chi connectivity index (χ2v) is 10.2. The molecule has 3 atom stereocenters. The van der Waals surface area contributed by atoms with Crippen LogP contribution < -0.4 is 0 Å². The number of ether oxygens (including phenoxy) is 5. The van der Waals surface area contributed by atoms with E-state index >= 15 is 0 Å². The van der Waals surface area contributed by atoms with Crippen LogP contribution in [0, 0.1) is 37.0 Å². The van der Waals surface area contributed by atoms with Gasteiger partial charge < -0.3 is 23.7 Å². The van der Waals surface area contributed by atoms with Crippen molar-refractivity contribution in [2.24, 2.45) is 23.2 Å². The van der Waals surface area contributed by atoms with Gasteiger partial charge in [-0.2, -0.15) is 0 Å². The smallest absolute Gasteiger partial charge is 0.333 e. The zero-order valence-electron chi connectivity index (χ0n) is 25.4. The summed E-state index contributed by atoms with van der Waals surface area (Å²) in [5.74, 6) is -7.53. The standard InChI is InChI=1S/C31H48O10/c1-9-12-15-39-27(33)23(5)19-31(30(36)38-8,20-24(6)28(34)40-16-13-10-2)21-25(18-22(4)26(32)37-7)29(35)41-17-14-11-3/h5-6,23-25H,4,9-21H2,1-3,7-8H3. The first-order chi connectivity index (χ1) is 19.4. The molecule has 0 N–H and O–H groups in total. The molecule has 0 heterocycles. The van der Waals surface area contributed by atoms with E-state index in [1.165, 1.54) is 7.11 Å². The van der Waals surface area contributed by atoms with Crippen LogP contribution >= 0.6 is 0 Å². The van der Waals surface area contributed by atoms with E-state index in [0.29, 0.717) is 19.3 Å². The Labute approximate surface area is 245 Å². The van der Waals surface area contributed by atoms with Crippen molar-refractivity contribution >= 4 is 29.8 Å². The van der Waals surface area contributed by atoms with Crippen molar-refractivity contribution in [2.75, 3.05) is 34.0 Å². The number of methoxy groups -OCH3 is 2. The van der Waals surface area contributed by atoms with Crippen molar-refractivity contribution in [3.05, 3.63) is 26.0 Å². The quantitative estimate of drug-likeness (QED) is 0.0766. The zero-order chi connectivity index (χ0) is 31.4. The van der Waals surface area contributed by atoms with Crippen molar-refractivity contribution in [3.63, 3.8) is 0 Å². The molecule has 0 aromatic rings. The molecule has 0 saturated heterocycles. The van der Waals surface area contributed by atoms with E-state index < -0.39 is 53.0 Å². The maximum atomic E-state index is 13.5. The summed E-state index contributed by atoms with van der Waals surface area (Å²) in [5, 5.41) is 0. The fourth-order valence-corrected chi connectivity index (χ4v) is 4.24. The minimum Gasteiger partial charge on any atom is -0.469 e. The highest BCUT2D eigenvalue weighted by atomic mass is 16.5. The van der Waals surface area contributed by atoms with Crippen LogP contribution in [0.5, 0.6) is 0 Å². The Balaban J connectivity index is 6.52. The third-order valence-corrected chi connectivity index (χ3v) is 6.61. The van der Waals surface area contributed by atoms with Gasteiger partial charge in [0, 0.05) is 5.57 Å². The lowest BCUT2D eigenvalue weighted by Gasteiger charge is -2.36. The summed E-state index contributed by atoms with van der Waals surface area (Å²) in [6, 6.07) is 0. The minimum absolute atomic E-state index is 0.0322. The number of hydrogen-bond donors (Lipinski definition) is 0. The van der Waals surface area contributed by atoms with E-state index in [9.17, 15) is 24.0 Å². The maximum Gasteiger partial charge on any atom is 0.333 e. The Kier molecular flexibility index (Phi) is 19.4. The molecule has 10 heteroatoms. The predicted molar refractivity (Wildman–Crippen MR) is 151 cm³/mol. The van der Waals surface area contributed by atoms with Gasteiger partial charge in [0.15, 0.2) is 0 Å². The highest BCUT2D eigenvalue weighted by Crippen LogP contribution is 2.43. The maximum absolute atomic E-state index is 13.5. The monoisotopic (exact) mass is 580 g/mol. The number of carbonyl (C=O) groups is 5. The van der Waals surface area contributed by atoms with Crippen LogP contribution in [0.3, 0.4) is 0 Å². The lowest BCUT2D eigenvalue weighted by Crippen LogP contribution is -2.42. The predicted octanol–water partition coefficient (Wildman–Crippen LogP) is 4.74. The third-order valence-electron chi connectivity index (χ3n) is 6.61. The summed E-state index contributed by atoms with van der Waals surface area (Å²) < 4.78 is 25.7. The van der Waals surface area contributed by atoms with Gasteiger partial charge in [0.1, 0.15) is 0 Å². The molecule has 0 bridgehead atoms. The van der Waals surface area contributed by atoms with Crippen LogP contribution in [0.1, 0.15) is 85.0 Å². The Hall–Kier alpha value is -2.91. The highest BCUT2D eigenvalue weighted by molar-refractivity contribution is 5.89. The number of rotatable bonds is 22. The second-order valence-electron chi connectivity index (χ2n) is 10.2. The third kappa shape index (κ3) is 14.0. The van der Waals surface area contributed by atoms with Gasteiger partial charge in [-0.3, -0.25) is 19.2 Å². The summed E-state index contributed by atoms with van der Waals surface area (Å²) in [4.78, 5) is 64.3. The molecule has 0 aliphatic carbocycles. The van der Waals surface area contributed by atoms with Crippen LogP contribution in [0.25, 0.3) is 0 Å². The van der Waals surface area contributed by atoms with Crippen molar-refractivity contribution < 1.29 is 47.7 Å². The zero-order valence-corrected chi connectivity index (χ0v) is 25.4. The molecule has 0 aromatic carbocycles. The number of unbranched alkanes of at least 4 members (excludes halogenated alkanes) is 3. The molecule has 0 aliphatic rings. The molecule has 0 aliphatic heterocycles. The minimum atomic E-state index is -1.73. The highest BCUT2D eigenvalue weighted by Gasteiger charge is 2.48. The first-order valence-corrected chi connectivity index (χ1v) is 14.3. The SMILES string of the molecule is [CH]C(CC(CC([CH])C(=O)OCCCC)(CC(CC(=C)C(=O)OC)C(=O)OCCCC)C(=O)OC)C(=O)OCCCC. The summed E-state index contributed by atoms with van der Waals surface area (Å²) in [6.07, 6.45) is 2.94. The van der Waals surface area contributed by atoms with Gasteiger partial charge in [-0.25, -0.2) is 4.79 Å². The lowest BCUT2D eigenvalue weighted by molar-refractivity contribution is -0.162. The molecular weight excluding hydrogens is 532 g/mol. The van der Waals surface area contributed by atoms with Gasteiger partial charge in [0.25, 0.3) is 0 Å². The van der Waals surface area contributed by atoms with Crippen LogP contribution in [0.4, 0.5) is 0 Å². The lowest BCUT2D eigenvalue weighted by atomic mass is 9.67. The normalized spacial score (nSPS) is 14.5. The van der Waals surface area contributed by atoms with Crippen LogP contribution in [0.2, 0.25) is 0 Å². The van der Waals surface area contributed by atoms with E-state index in [1.807, 2.05) is 20.8 Å². The Bertz CT molecular complexity index is 820. The summed E-state index contributed by atoms with van der Waals surface area (Å²) in [5.41, 5.74) is -1.76. The largest absolute Gasteiger partial charge is 0.469 e. The van der Waals surface area contributed by atoms with Crippen LogP contribution in [-0.4, -0.2) is 63.9 Å². The Morgan fingerprint density at radius 2 is 1.10 bits per heavy atom. The fraction of sp³-hybridized carbons (Fsp3) is 0.710. The van der Waals surface area contributed by atoms with Crippen molar-refractivity contribution in [2.45, 2.75) is 85.0 Å². The first-order valence-electron chi connectivity index (χ1n) is 14.3. The molecule has 0 amide bonds. The molecular formula is C31H48O10. The fourth-order valence-electron chi connectivity index (χ4n) is 4.24. The second kappa shape index (κ2) is 20.9. The molecule has 41 heavy (non-hydrogen) atoms. The van der Waals surface area contributed by atoms with Gasteiger partial charge in [0.05, 0.1) is 57.2 Å². The van der Waals surface area contributed by atoms with Gasteiger partial charge in [-0.05, 0) is 58.8 Å². The van der Waals surface area contributed by atoms with Crippen LogP contribution in [-0.2, 0) is 47.7 Å². The Morgan fingerprint density at radius 1 is 0.683 bits per heavy atom. The summed E-state index contributed by atoms with van der Waals surface area (Å²) in [6.45, 7) is 22.3.